The number of aromatic nitrogens is 1. The van der Waals surface area contributed by atoms with Crippen LogP contribution in [-0.2, 0) is 0 Å². The molecule has 7 heteroatoms. The van der Waals surface area contributed by atoms with Crippen LogP contribution in [0.3, 0.4) is 0 Å². The fourth-order valence-electron chi connectivity index (χ4n) is 2.18. The Hall–Kier alpha value is -2.70. The molecule has 0 atom stereocenters. The molecule has 0 saturated carbocycles. The molecule has 2 aromatic carbocycles. The van der Waals surface area contributed by atoms with Gasteiger partial charge in [-0.15, -0.1) is 11.3 Å². The van der Waals surface area contributed by atoms with Gasteiger partial charge in [-0.25, -0.2) is 4.98 Å². The van der Waals surface area contributed by atoms with Crippen molar-refractivity contribution in [1.29, 1.82) is 0 Å². The molecule has 2 amide bonds. The number of nitrogens with zero attached hydrogens (tertiary/aromatic N) is 1. The molecule has 1 aromatic heterocycles. The zero-order chi connectivity index (χ0) is 17.8. The summed E-state index contributed by atoms with van der Waals surface area (Å²) < 4.78 is 0. The lowest BCUT2D eigenvalue weighted by atomic mass is 10.2. The first-order valence-electron chi connectivity index (χ1n) is 7.43. The Kier molecular flexibility index (Phi) is 5.11. The second-order valence-corrected chi connectivity index (χ2v) is 6.65. The van der Waals surface area contributed by atoms with E-state index in [-0.39, 0.29) is 0 Å². The van der Waals surface area contributed by atoms with Gasteiger partial charge in [0.2, 0.25) is 0 Å². The van der Waals surface area contributed by atoms with E-state index < -0.39 is 11.8 Å². The number of hydrogen-bond acceptors (Lipinski definition) is 4. The maximum Gasteiger partial charge on any atom is 0.281 e. The van der Waals surface area contributed by atoms with E-state index in [1.54, 1.807) is 25.1 Å². The number of halogens is 1. The molecule has 0 fully saturated rings. The lowest BCUT2D eigenvalue weighted by Gasteiger charge is -2.06. The summed E-state index contributed by atoms with van der Waals surface area (Å²) in [5.74, 6) is -0.853. The molecule has 1 heterocycles. The summed E-state index contributed by atoms with van der Waals surface area (Å²) in [6.45, 7) is 1.76. The number of carbonyl (C=O) groups excluding carboxylic acids is 2. The predicted octanol–water partition coefficient (Wildman–Crippen LogP) is 3.85. The van der Waals surface area contributed by atoms with Gasteiger partial charge >= 0.3 is 0 Å². The van der Waals surface area contributed by atoms with Crippen LogP contribution in [0.25, 0.3) is 10.6 Å². The number of hydrazine groups is 1. The molecule has 0 saturated heterocycles. The normalized spacial score (nSPS) is 10.3. The fraction of sp³-hybridized carbons (Fsp3) is 0.0556. The lowest BCUT2D eigenvalue weighted by molar-refractivity contribution is 0.0848. The van der Waals surface area contributed by atoms with Gasteiger partial charge in [-0.2, -0.15) is 0 Å². The van der Waals surface area contributed by atoms with Crippen molar-refractivity contribution in [2.24, 2.45) is 0 Å². The van der Waals surface area contributed by atoms with Gasteiger partial charge in [0.05, 0.1) is 5.69 Å². The van der Waals surface area contributed by atoms with Gasteiger partial charge in [0.15, 0.2) is 0 Å². The summed E-state index contributed by atoms with van der Waals surface area (Å²) in [7, 11) is 0. The number of thiazole rings is 1. The smallest absolute Gasteiger partial charge is 0.267 e. The number of nitrogens with one attached hydrogen (secondary N) is 2. The minimum atomic E-state index is -0.443. The van der Waals surface area contributed by atoms with Crippen molar-refractivity contribution < 1.29 is 9.59 Å². The van der Waals surface area contributed by atoms with Gasteiger partial charge in [0, 0.05) is 16.1 Å². The van der Waals surface area contributed by atoms with Crippen LogP contribution in [0, 0.1) is 6.92 Å². The second kappa shape index (κ2) is 7.46. The Bertz CT molecular complexity index is 925. The van der Waals surface area contributed by atoms with Crippen LogP contribution >= 0.6 is 22.9 Å². The minimum Gasteiger partial charge on any atom is -0.267 e. The summed E-state index contributed by atoms with van der Waals surface area (Å²) in [5, 5.41) is 1.20. The van der Waals surface area contributed by atoms with Gasteiger partial charge in [-0.1, -0.05) is 48.0 Å². The van der Waals surface area contributed by atoms with E-state index in [2.05, 4.69) is 15.8 Å². The van der Waals surface area contributed by atoms with Crippen molar-refractivity contribution in [2.45, 2.75) is 6.92 Å². The number of hydrogen-bond donors (Lipinski definition) is 2. The van der Waals surface area contributed by atoms with Gasteiger partial charge in [-0.3, -0.25) is 20.4 Å². The largest absolute Gasteiger partial charge is 0.281 e. The maximum atomic E-state index is 12.3. The van der Waals surface area contributed by atoms with Crippen LogP contribution in [0.5, 0.6) is 0 Å². The molecule has 0 bridgehead atoms. The topological polar surface area (TPSA) is 71.1 Å². The molecule has 25 heavy (non-hydrogen) atoms. The van der Waals surface area contributed by atoms with Crippen molar-refractivity contribution in [3.05, 3.63) is 75.8 Å². The summed E-state index contributed by atoms with van der Waals surface area (Å²) in [6.07, 6.45) is 0. The second-order valence-electron chi connectivity index (χ2n) is 5.22. The average Bonchev–Trinajstić information content (AvgIpc) is 3.02. The fourth-order valence-corrected chi connectivity index (χ4v) is 3.34. The van der Waals surface area contributed by atoms with Crippen LogP contribution < -0.4 is 10.9 Å². The molecule has 0 aliphatic rings. The van der Waals surface area contributed by atoms with E-state index >= 15 is 0 Å². The van der Waals surface area contributed by atoms with E-state index in [1.807, 2.05) is 30.3 Å². The van der Waals surface area contributed by atoms with Crippen molar-refractivity contribution in [1.82, 2.24) is 15.8 Å². The molecular weight excluding hydrogens is 358 g/mol. The monoisotopic (exact) mass is 371 g/mol. The third kappa shape index (κ3) is 4.04. The average molecular weight is 372 g/mol. The van der Waals surface area contributed by atoms with E-state index in [4.69, 9.17) is 11.6 Å². The Morgan fingerprint density at radius 2 is 1.72 bits per heavy atom. The standard InChI is InChI=1S/C18H14ClN3O2S/c1-11-15(25-18(20-11)12-6-3-2-4-7-12)17(24)22-21-16(23)13-8-5-9-14(19)10-13/h2-10H,1H3,(H,21,23)(H,22,24). The first kappa shape index (κ1) is 17.1. The summed E-state index contributed by atoms with van der Waals surface area (Å²) in [6, 6.07) is 16.1. The Morgan fingerprint density at radius 1 is 1.00 bits per heavy atom. The van der Waals surface area contributed by atoms with Crippen LogP contribution in [0.1, 0.15) is 25.7 Å². The quantitative estimate of drug-likeness (QED) is 0.687. The number of amides is 2. The molecule has 3 rings (SSSR count). The third-order valence-electron chi connectivity index (χ3n) is 3.40. The summed E-state index contributed by atoms with van der Waals surface area (Å²) in [5.41, 5.74) is 6.71. The molecule has 0 spiro atoms. The highest BCUT2D eigenvalue weighted by atomic mass is 35.5. The molecule has 0 aliphatic heterocycles. The molecule has 2 N–H and O–H groups in total. The van der Waals surface area contributed by atoms with Gasteiger partial charge in [0.25, 0.3) is 11.8 Å². The summed E-state index contributed by atoms with van der Waals surface area (Å²) >= 11 is 7.13. The number of carbonyl (C=O) groups is 2. The van der Waals surface area contributed by atoms with Crippen LogP contribution in [0.4, 0.5) is 0 Å². The number of aryl methyl sites for hydroxylation is 1. The zero-order valence-corrected chi connectivity index (χ0v) is 14.8. The molecule has 3 aromatic rings. The molecule has 0 unspecified atom stereocenters. The Balaban J connectivity index is 1.70. The van der Waals surface area contributed by atoms with Gasteiger partial charge in [0.1, 0.15) is 9.88 Å². The van der Waals surface area contributed by atoms with Crippen LogP contribution in [0.15, 0.2) is 54.6 Å². The lowest BCUT2D eigenvalue weighted by Crippen LogP contribution is -2.41. The highest BCUT2D eigenvalue weighted by molar-refractivity contribution is 7.17. The molecule has 0 radical (unpaired) electrons. The van der Waals surface area contributed by atoms with E-state index in [0.717, 1.165) is 10.6 Å². The van der Waals surface area contributed by atoms with E-state index in [1.165, 1.54) is 17.4 Å². The highest BCUT2D eigenvalue weighted by Crippen LogP contribution is 2.27. The maximum absolute atomic E-state index is 12.3. The summed E-state index contributed by atoms with van der Waals surface area (Å²) in [4.78, 5) is 29.3. The van der Waals surface area contributed by atoms with Crippen LogP contribution in [0.2, 0.25) is 5.02 Å². The van der Waals surface area contributed by atoms with Gasteiger partial charge < -0.3 is 0 Å². The van der Waals surface area contributed by atoms with Crippen molar-refractivity contribution in [3.8, 4) is 10.6 Å². The molecule has 5 nitrogen and oxygen atoms in total. The first-order chi connectivity index (χ1) is 12.0. The number of rotatable bonds is 3. The molecule has 0 aliphatic carbocycles. The zero-order valence-electron chi connectivity index (χ0n) is 13.2. The Labute approximate surface area is 153 Å². The highest BCUT2D eigenvalue weighted by Gasteiger charge is 2.17. The Morgan fingerprint density at radius 3 is 2.44 bits per heavy atom. The van der Waals surface area contributed by atoms with Crippen molar-refractivity contribution in [2.75, 3.05) is 0 Å². The van der Waals surface area contributed by atoms with Crippen molar-refractivity contribution in [3.63, 3.8) is 0 Å². The van der Waals surface area contributed by atoms with Gasteiger partial charge in [-0.05, 0) is 25.1 Å². The SMILES string of the molecule is Cc1nc(-c2ccccc2)sc1C(=O)NNC(=O)c1cccc(Cl)c1. The van der Waals surface area contributed by atoms with Crippen molar-refractivity contribution >= 4 is 34.8 Å². The third-order valence-corrected chi connectivity index (χ3v) is 4.84. The van der Waals surface area contributed by atoms with E-state index in [9.17, 15) is 9.59 Å². The molecular formula is C18H14ClN3O2S. The predicted molar refractivity (Wildman–Crippen MR) is 98.7 cm³/mol. The first-order valence-corrected chi connectivity index (χ1v) is 8.63. The van der Waals surface area contributed by atoms with E-state index in [0.29, 0.717) is 21.2 Å². The minimum absolute atomic E-state index is 0.360. The molecule has 126 valence electrons. The number of benzene rings is 2. The van der Waals surface area contributed by atoms with Crippen LogP contribution in [-0.4, -0.2) is 16.8 Å².